The molecule has 0 bridgehead atoms. The second-order valence-corrected chi connectivity index (χ2v) is 7.64. The van der Waals surface area contributed by atoms with Crippen molar-refractivity contribution in [3.63, 3.8) is 0 Å². The van der Waals surface area contributed by atoms with Crippen molar-refractivity contribution in [1.29, 1.82) is 0 Å². The molecular weight excluding hydrogens is 410 g/mol. The Balaban J connectivity index is 1.90. The smallest absolute Gasteiger partial charge is 0.258 e. The van der Waals surface area contributed by atoms with Gasteiger partial charge in [-0.05, 0) is 30.7 Å². The summed E-state index contributed by atoms with van der Waals surface area (Å²) in [5.74, 6) is -0.186. The quantitative estimate of drug-likeness (QED) is 0.460. The Labute approximate surface area is 163 Å². The number of para-hydroxylation sites is 1. The molecule has 4 nitrogen and oxygen atoms in total. The number of nitrogens with one attached hydrogen (secondary N) is 1. The molecule has 0 saturated heterocycles. The molecule has 0 unspecified atom stereocenters. The zero-order chi connectivity index (χ0) is 18.1. The molecule has 26 heavy (non-hydrogen) atoms. The van der Waals surface area contributed by atoms with Gasteiger partial charge in [-0.1, -0.05) is 46.3 Å². The average molecular weight is 424 g/mol. The van der Waals surface area contributed by atoms with Gasteiger partial charge in [-0.3, -0.25) is 10.1 Å². The van der Waals surface area contributed by atoms with Crippen LogP contribution in [0, 0.1) is 6.92 Å². The molecular formula is C20H14BrN3OS. The summed E-state index contributed by atoms with van der Waals surface area (Å²) in [6.07, 6.45) is 1.67. The summed E-state index contributed by atoms with van der Waals surface area (Å²) in [5, 5.41) is 6.11. The number of fused-ring (bicyclic) bond motifs is 1. The first-order chi connectivity index (χ1) is 12.6. The van der Waals surface area contributed by atoms with Crippen LogP contribution in [0.25, 0.3) is 22.2 Å². The Bertz CT molecular complexity index is 1110. The van der Waals surface area contributed by atoms with Crippen LogP contribution in [0.2, 0.25) is 0 Å². The van der Waals surface area contributed by atoms with Gasteiger partial charge < -0.3 is 0 Å². The Morgan fingerprint density at radius 2 is 2.00 bits per heavy atom. The molecule has 2 aromatic heterocycles. The van der Waals surface area contributed by atoms with E-state index in [4.69, 9.17) is 4.98 Å². The average Bonchev–Trinajstić information content (AvgIpc) is 3.14. The molecule has 0 aliphatic heterocycles. The first-order valence-corrected chi connectivity index (χ1v) is 9.66. The van der Waals surface area contributed by atoms with Gasteiger partial charge in [0.05, 0.1) is 16.8 Å². The number of hydrogen-bond acceptors (Lipinski definition) is 4. The zero-order valence-electron chi connectivity index (χ0n) is 13.9. The zero-order valence-corrected chi connectivity index (χ0v) is 16.3. The van der Waals surface area contributed by atoms with Crippen LogP contribution in [0.1, 0.15) is 15.9 Å². The van der Waals surface area contributed by atoms with Crippen LogP contribution in [-0.2, 0) is 0 Å². The Morgan fingerprint density at radius 3 is 2.77 bits per heavy atom. The summed E-state index contributed by atoms with van der Waals surface area (Å²) in [5.41, 5.74) is 4.16. The molecule has 2 heterocycles. The number of aryl methyl sites for hydroxylation is 1. The number of amides is 1. The van der Waals surface area contributed by atoms with E-state index in [0.29, 0.717) is 10.7 Å². The van der Waals surface area contributed by atoms with Crippen molar-refractivity contribution in [1.82, 2.24) is 9.97 Å². The minimum atomic E-state index is -0.186. The van der Waals surface area contributed by atoms with E-state index in [1.54, 1.807) is 6.20 Å². The van der Waals surface area contributed by atoms with Gasteiger partial charge in [0.25, 0.3) is 5.91 Å². The fraction of sp³-hybridized carbons (Fsp3) is 0.0500. The molecule has 128 valence electrons. The molecule has 0 radical (unpaired) electrons. The van der Waals surface area contributed by atoms with Crippen LogP contribution in [0.15, 0.2) is 64.6 Å². The number of pyridine rings is 1. The molecule has 1 N–H and O–H groups in total. The largest absolute Gasteiger partial charge is 0.298 e. The fourth-order valence-corrected chi connectivity index (χ4v) is 3.75. The second-order valence-electron chi connectivity index (χ2n) is 5.83. The molecule has 0 fully saturated rings. The van der Waals surface area contributed by atoms with Gasteiger partial charge in [-0.2, -0.15) is 0 Å². The minimum absolute atomic E-state index is 0.186. The number of aromatic nitrogens is 2. The highest BCUT2D eigenvalue weighted by molar-refractivity contribution is 9.10. The summed E-state index contributed by atoms with van der Waals surface area (Å²) in [6, 6.07) is 15.6. The van der Waals surface area contributed by atoms with Crippen LogP contribution >= 0.6 is 27.3 Å². The Morgan fingerprint density at radius 1 is 1.15 bits per heavy atom. The third-order valence-electron chi connectivity index (χ3n) is 4.06. The van der Waals surface area contributed by atoms with Gasteiger partial charge in [0.15, 0.2) is 5.13 Å². The highest BCUT2D eigenvalue weighted by Crippen LogP contribution is 2.28. The lowest BCUT2D eigenvalue weighted by Crippen LogP contribution is -2.13. The predicted octanol–water partition coefficient (Wildman–Crippen LogP) is 5.68. The number of carbonyl (C=O) groups excluding carboxylic acids is 1. The van der Waals surface area contributed by atoms with Crippen molar-refractivity contribution in [2.45, 2.75) is 6.92 Å². The lowest BCUT2D eigenvalue weighted by atomic mass is 10.0. The Hall–Kier alpha value is -2.57. The fourth-order valence-electron chi connectivity index (χ4n) is 2.83. The van der Waals surface area contributed by atoms with Crippen LogP contribution in [0.3, 0.4) is 0 Å². The van der Waals surface area contributed by atoms with Crippen molar-refractivity contribution in [2.75, 3.05) is 5.32 Å². The minimum Gasteiger partial charge on any atom is -0.298 e. The van der Waals surface area contributed by atoms with E-state index in [1.807, 2.05) is 60.8 Å². The standard InChI is InChI=1S/C20H14BrN3OS/c1-12-4-2-7-15-16(19(25)24-20-22-8-9-26-20)11-17(23-18(12)15)13-5-3-6-14(21)10-13/h2-11H,1H3,(H,22,24,25). The monoisotopic (exact) mass is 423 g/mol. The van der Waals surface area contributed by atoms with Crippen molar-refractivity contribution in [2.24, 2.45) is 0 Å². The molecule has 2 aromatic carbocycles. The maximum Gasteiger partial charge on any atom is 0.258 e. The van der Waals surface area contributed by atoms with Crippen molar-refractivity contribution < 1.29 is 4.79 Å². The van der Waals surface area contributed by atoms with Gasteiger partial charge in [0, 0.05) is 27.0 Å². The maximum atomic E-state index is 12.9. The van der Waals surface area contributed by atoms with Gasteiger partial charge >= 0.3 is 0 Å². The summed E-state index contributed by atoms with van der Waals surface area (Å²) in [4.78, 5) is 21.9. The summed E-state index contributed by atoms with van der Waals surface area (Å²) >= 11 is 4.89. The number of carbonyl (C=O) groups is 1. The molecule has 0 aliphatic carbocycles. The molecule has 0 atom stereocenters. The number of nitrogens with zero attached hydrogens (tertiary/aromatic N) is 2. The molecule has 1 amide bonds. The number of rotatable bonds is 3. The van der Waals surface area contributed by atoms with Gasteiger partial charge in [0.1, 0.15) is 0 Å². The highest BCUT2D eigenvalue weighted by Gasteiger charge is 2.16. The molecule has 0 spiro atoms. The van der Waals surface area contributed by atoms with Crippen LogP contribution in [-0.4, -0.2) is 15.9 Å². The van der Waals surface area contributed by atoms with Gasteiger partial charge in [-0.15, -0.1) is 11.3 Å². The van der Waals surface area contributed by atoms with E-state index in [2.05, 4.69) is 26.2 Å². The summed E-state index contributed by atoms with van der Waals surface area (Å²) in [7, 11) is 0. The molecule has 6 heteroatoms. The van der Waals surface area contributed by atoms with Gasteiger partial charge in [-0.25, -0.2) is 9.97 Å². The van der Waals surface area contributed by atoms with Crippen molar-refractivity contribution in [3.8, 4) is 11.3 Å². The summed E-state index contributed by atoms with van der Waals surface area (Å²) < 4.78 is 0.968. The van der Waals surface area contributed by atoms with Crippen LogP contribution in [0.4, 0.5) is 5.13 Å². The Kier molecular flexibility index (Phi) is 4.53. The predicted molar refractivity (Wildman–Crippen MR) is 110 cm³/mol. The number of benzene rings is 2. The van der Waals surface area contributed by atoms with Crippen LogP contribution in [0.5, 0.6) is 0 Å². The molecule has 0 aliphatic rings. The van der Waals surface area contributed by atoms with E-state index in [0.717, 1.165) is 32.2 Å². The van der Waals surface area contributed by atoms with E-state index < -0.39 is 0 Å². The first-order valence-electron chi connectivity index (χ1n) is 7.99. The lowest BCUT2D eigenvalue weighted by molar-refractivity contribution is 0.102. The number of hydrogen-bond donors (Lipinski definition) is 1. The maximum absolute atomic E-state index is 12.9. The topological polar surface area (TPSA) is 54.9 Å². The second kappa shape index (κ2) is 6.97. The third kappa shape index (κ3) is 3.25. The molecule has 4 rings (SSSR count). The van der Waals surface area contributed by atoms with E-state index in [9.17, 15) is 4.79 Å². The SMILES string of the molecule is Cc1cccc2c(C(=O)Nc3nccs3)cc(-c3cccc(Br)c3)nc12. The normalized spacial score (nSPS) is 10.8. The third-order valence-corrected chi connectivity index (χ3v) is 5.24. The molecule has 4 aromatic rings. The summed E-state index contributed by atoms with van der Waals surface area (Å²) in [6.45, 7) is 2.00. The van der Waals surface area contributed by atoms with Gasteiger partial charge in [0.2, 0.25) is 0 Å². The van der Waals surface area contributed by atoms with Crippen LogP contribution < -0.4 is 5.32 Å². The van der Waals surface area contributed by atoms with E-state index >= 15 is 0 Å². The first kappa shape index (κ1) is 16.9. The number of thiazole rings is 1. The van der Waals surface area contributed by atoms with E-state index in [1.165, 1.54) is 11.3 Å². The number of halogens is 1. The van der Waals surface area contributed by atoms with E-state index in [-0.39, 0.29) is 5.91 Å². The lowest BCUT2D eigenvalue weighted by Gasteiger charge is -2.11. The van der Waals surface area contributed by atoms with Crippen molar-refractivity contribution >= 4 is 49.2 Å². The number of anilines is 1. The van der Waals surface area contributed by atoms with Crippen molar-refractivity contribution in [3.05, 3.63) is 75.7 Å². The molecule has 0 saturated carbocycles. The highest BCUT2D eigenvalue weighted by atomic mass is 79.9.